The first-order valence-corrected chi connectivity index (χ1v) is 8.45. The van der Waals surface area contributed by atoms with Crippen molar-refractivity contribution in [3.63, 3.8) is 0 Å². The smallest absolute Gasteiger partial charge is 0.233 e. The number of benzene rings is 1. The van der Waals surface area contributed by atoms with Gasteiger partial charge in [-0.05, 0) is 24.0 Å². The van der Waals surface area contributed by atoms with Crippen molar-refractivity contribution in [3.8, 4) is 0 Å². The molecule has 4 aliphatic rings. The molecule has 1 aromatic rings. The van der Waals surface area contributed by atoms with Gasteiger partial charge in [0.2, 0.25) is 11.8 Å². The molecule has 2 heterocycles. The normalized spacial score (nSPS) is 39.4. The Morgan fingerprint density at radius 3 is 2.50 bits per heavy atom. The Bertz CT molecular complexity index is 785. The lowest BCUT2D eigenvalue weighted by atomic mass is 9.72. The largest absolute Gasteiger partial charge is 0.391 e. The van der Waals surface area contributed by atoms with Gasteiger partial charge in [0.05, 0.1) is 17.5 Å². The Balaban J connectivity index is 1.43. The zero-order chi connectivity index (χ0) is 16.4. The molecule has 5 heteroatoms. The third kappa shape index (κ3) is 1.67. The summed E-state index contributed by atoms with van der Waals surface area (Å²) in [6.07, 6.45) is 4.88. The lowest BCUT2D eigenvalue weighted by molar-refractivity contribution is -0.139. The van der Waals surface area contributed by atoms with Gasteiger partial charge in [0.25, 0.3) is 0 Å². The molecule has 6 unspecified atom stereocenters. The van der Waals surface area contributed by atoms with Crippen LogP contribution in [0.15, 0.2) is 41.6 Å². The van der Waals surface area contributed by atoms with Gasteiger partial charge in [0.1, 0.15) is 6.10 Å². The fourth-order valence-corrected chi connectivity index (χ4v) is 5.19. The van der Waals surface area contributed by atoms with E-state index in [1.54, 1.807) is 7.05 Å². The van der Waals surface area contributed by atoms with Crippen LogP contribution < -0.4 is 0 Å². The molecule has 122 valence electrons. The Morgan fingerprint density at radius 2 is 1.75 bits per heavy atom. The molecular formula is C19H18N2O3. The van der Waals surface area contributed by atoms with E-state index in [9.17, 15) is 9.59 Å². The third-order valence-electron chi connectivity index (χ3n) is 6.19. The molecule has 5 nitrogen and oxygen atoms in total. The average molecular weight is 322 g/mol. The van der Waals surface area contributed by atoms with Gasteiger partial charge in [-0.1, -0.05) is 41.6 Å². The predicted molar refractivity (Wildman–Crippen MR) is 87.6 cm³/mol. The maximum absolute atomic E-state index is 12.5. The predicted octanol–water partition coefficient (Wildman–Crippen LogP) is 1.95. The Hall–Kier alpha value is -2.43. The molecule has 0 radical (unpaired) electrons. The van der Waals surface area contributed by atoms with Gasteiger partial charge in [0, 0.05) is 18.9 Å². The minimum atomic E-state index is -0.193. The summed E-state index contributed by atoms with van der Waals surface area (Å²) in [5.41, 5.74) is 2.01. The van der Waals surface area contributed by atoms with Crippen molar-refractivity contribution in [1.29, 1.82) is 0 Å². The van der Waals surface area contributed by atoms with Crippen LogP contribution >= 0.6 is 0 Å². The van der Waals surface area contributed by atoms with Crippen molar-refractivity contribution < 1.29 is 14.4 Å². The number of rotatable bonds is 2. The molecule has 6 atom stereocenters. The first-order chi connectivity index (χ1) is 11.7. The van der Waals surface area contributed by atoms with Crippen LogP contribution in [0.4, 0.5) is 0 Å². The number of hydrogen-bond acceptors (Lipinski definition) is 4. The minimum absolute atomic E-state index is 0.0192. The molecule has 0 spiro atoms. The monoisotopic (exact) mass is 322 g/mol. The molecule has 1 aromatic carbocycles. The van der Waals surface area contributed by atoms with E-state index in [0.29, 0.717) is 0 Å². The van der Waals surface area contributed by atoms with Gasteiger partial charge in [-0.15, -0.1) is 0 Å². The summed E-state index contributed by atoms with van der Waals surface area (Å²) >= 11 is 0. The molecular weight excluding hydrogens is 304 g/mol. The highest BCUT2D eigenvalue weighted by atomic mass is 16.6. The second-order valence-electron chi connectivity index (χ2n) is 7.21. The standard InChI is InChI=1S/C19H18N2O3/c1-21-18(22)15-11-9-12(16(15)19(21)23)17-14(11)13(20-24-17)8-7-10-5-3-2-4-6-10/h2-8,11-12,14-17H,9H2,1H3. The molecule has 24 heavy (non-hydrogen) atoms. The van der Waals surface area contributed by atoms with E-state index >= 15 is 0 Å². The number of carbonyl (C=O) groups excluding carboxylic acids is 2. The highest BCUT2D eigenvalue weighted by molar-refractivity contribution is 6.08. The number of fused-ring (bicyclic) bond motifs is 8. The molecule has 2 saturated carbocycles. The second-order valence-corrected chi connectivity index (χ2v) is 7.21. The van der Waals surface area contributed by atoms with Crippen molar-refractivity contribution in [2.45, 2.75) is 12.5 Å². The van der Waals surface area contributed by atoms with Crippen LogP contribution in [0.5, 0.6) is 0 Å². The molecule has 5 rings (SSSR count). The lowest BCUT2D eigenvalue weighted by Crippen LogP contribution is -2.40. The molecule has 2 aliphatic carbocycles. The first-order valence-electron chi connectivity index (χ1n) is 8.45. The minimum Gasteiger partial charge on any atom is -0.391 e. The Morgan fingerprint density at radius 1 is 1.04 bits per heavy atom. The SMILES string of the molecule is CN1C(=O)C2C3CC(C4C(C=Cc5ccccc5)=NOC34)C2C1=O. The van der Waals surface area contributed by atoms with Gasteiger partial charge in [-0.25, -0.2) is 0 Å². The molecule has 0 aromatic heterocycles. The van der Waals surface area contributed by atoms with Crippen molar-refractivity contribution in [2.24, 2.45) is 34.7 Å². The molecule has 3 fully saturated rings. The highest BCUT2D eigenvalue weighted by Crippen LogP contribution is 2.61. The highest BCUT2D eigenvalue weighted by Gasteiger charge is 2.69. The van der Waals surface area contributed by atoms with Crippen LogP contribution in [0.3, 0.4) is 0 Å². The fourth-order valence-electron chi connectivity index (χ4n) is 5.19. The molecule has 0 N–H and O–H groups in total. The molecule has 2 amide bonds. The number of likely N-dealkylation sites (tertiary alicyclic amines) is 1. The van der Waals surface area contributed by atoms with Gasteiger partial charge < -0.3 is 4.84 Å². The average Bonchev–Trinajstić information content (AvgIpc) is 3.32. The summed E-state index contributed by atoms with van der Waals surface area (Å²) in [7, 11) is 1.60. The van der Waals surface area contributed by atoms with Crippen molar-refractivity contribution in [1.82, 2.24) is 4.90 Å². The van der Waals surface area contributed by atoms with Crippen LogP contribution in [0, 0.1) is 29.6 Å². The van der Waals surface area contributed by atoms with Crippen molar-refractivity contribution in [3.05, 3.63) is 42.0 Å². The maximum Gasteiger partial charge on any atom is 0.233 e. The van der Waals surface area contributed by atoms with E-state index < -0.39 is 0 Å². The van der Waals surface area contributed by atoms with E-state index in [1.807, 2.05) is 42.5 Å². The number of amides is 2. The van der Waals surface area contributed by atoms with Crippen LogP contribution in [0.25, 0.3) is 6.08 Å². The maximum atomic E-state index is 12.5. The lowest BCUT2D eigenvalue weighted by Gasteiger charge is -2.29. The van der Waals surface area contributed by atoms with Gasteiger partial charge in [-0.2, -0.15) is 0 Å². The van der Waals surface area contributed by atoms with E-state index in [2.05, 4.69) is 5.16 Å². The van der Waals surface area contributed by atoms with E-state index in [-0.39, 0.29) is 47.5 Å². The van der Waals surface area contributed by atoms with Crippen LogP contribution in [0.2, 0.25) is 0 Å². The molecule has 1 saturated heterocycles. The number of oxime groups is 1. The second kappa shape index (κ2) is 4.79. The third-order valence-corrected chi connectivity index (χ3v) is 6.19. The van der Waals surface area contributed by atoms with Crippen LogP contribution in [0.1, 0.15) is 12.0 Å². The van der Waals surface area contributed by atoms with E-state index in [4.69, 9.17) is 4.84 Å². The summed E-state index contributed by atoms with van der Waals surface area (Å²) in [5, 5.41) is 4.27. The molecule has 2 aliphatic heterocycles. The fraction of sp³-hybridized carbons (Fsp3) is 0.421. The number of carbonyl (C=O) groups is 2. The molecule has 2 bridgehead atoms. The number of hydrogen-bond donors (Lipinski definition) is 0. The summed E-state index contributed by atoms with van der Waals surface area (Å²) in [6, 6.07) is 10.1. The van der Waals surface area contributed by atoms with Gasteiger partial charge >= 0.3 is 0 Å². The number of allylic oxidation sites excluding steroid dienone is 1. The van der Waals surface area contributed by atoms with E-state index in [1.165, 1.54) is 4.90 Å². The summed E-state index contributed by atoms with van der Waals surface area (Å²) in [6.45, 7) is 0. The topological polar surface area (TPSA) is 59.0 Å². The summed E-state index contributed by atoms with van der Waals surface area (Å²) in [4.78, 5) is 31.8. The summed E-state index contributed by atoms with van der Waals surface area (Å²) in [5.74, 6) is 0.0135. The van der Waals surface area contributed by atoms with Crippen LogP contribution in [-0.2, 0) is 14.4 Å². The number of nitrogens with zero attached hydrogens (tertiary/aromatic N) is 2. The summed E-state index contributed by atoms with van der Waals surface area (Å²) < 4.78 is 0. The quantitative estimate of drug-likeness (QED) is 0.782. The Labute approximate surface area is 140 Å². The zero-order valence-electron chi connectivity index (χ0n) is 13.3. The first kappa shape index (κ1) is 14.0. The van der Waals surface area contributed by atoms with Crippen molar-refractivity contribution in [2.75, 3.05) is 7.05 Å². The van der Waals surface area contributed by atoms with E-state index in [0.717, 1.165) is 17.7 Å². The zero-order valence-corrected chi connectivity index (χ0v) is 13.3. The van der Waals surface area contributed by atoms with Crippen LogP contribution in [-0.4, -0.2) is 35.6 Å². The van der Waals surface area contributed by atoms with Gasteiger partial charge in [-0.3, -0.25) is 14.5 Å². The Kier molecular flexibility index (Phi) is 2.78. The van der Waals surface area contributed by atoms with Gasteiger partial charge in [0.15, 0.2) is 0 Å². The number of imide groups is 1. The van der Waals surface area contributed by atoms with Crippen molar-refractivity contribution >= 4 is 23.6 Å².